The molecule has 0 heterocycles. The van der Waals surface area contributed by atoms with Crippen LogP contribution in [0.2, 0.25) is 5.02 Å². The van der Waals surface area contributed by atoms with Gasteiger partial charge < -0.3 is 0 Å². The highest BCUT2D eigenvalue weighted by Crippen LogP contribution is 2.17. The van der Waals surface area contributed by atoms with Gasteiger partial charge in [0.15, 0.2) is 0 Å². The van der Waals surface area contributed by atoms with Crippen molar-refractivity contribution in [3.05, 3.63) is 34.6 Å². The largest absolute Gasteiger partial charge is 0.215 e. The van der Waals surface area contributed by atoms with E-state index >= 15 is 0 Å². The summed E-state index contributed by atoms with van der Waals surface area (Å²) in [5, 5.41) is 0.310. The van der Waals surface area contributed by atoms with Gasteiger partial charge in [-0.1, -0.05) is 17.7 Å². The Bertz CT molecular complexity index is 447. The van der Waals surface area contributed by atoms with E-state index < -0.39 is 15.8 Å². The summed E-state index contributed by atoms with van der Waals surface area (Å²) in [4.78, 5) is 0. The second-order valence-electron chi connectivity index (χ2n) is 3.15. The van der Waals surface area contributed by atoms with Gasteiger partial charge in [0.05, 0.1) is 6.26 Å². The van der Waals surface area contributed by atoms with Crippen LogP contribution in [0.3, 0.4) is 0 Å². The molecule has 0 bridgehead atoms. The van der Waals surface area contributed by atoms with E-state index in [1.165, 1.54) is 12.1 Å². The lowest BCUT2D eigenvalue weighted by Crippen LogP contribution is -2.24. The molecular weight excluding hydrogens is 241 g/mol. The van der Waals surface area contributed by atoms with Crippen molar-refractivity contribution in [1.82, 2.24) is 4.72 Å². The van der Waals surface area contributed by atoms with Crippen molar-refractivity contribution in [1.29, 1.82) is 0 Å². The lowest BCUT2D eigenvalue weighted by molar-refractivity contribution is 0.587. The number of hydrogen-bond acceptors (Lipinski definition) is 2. The summed E-state index contributed by atoms with van der Waals surface area (Å²) in [6.07, 6.45) is 1.52. The molecule has 1 N–H and O–H groups in total. The molecule has 0 aliphatic rings. The number of benzene rings is 1. The zero-order valence-corrected chi connectivity index (χ0v) is 9.70. The Hall–Kier alpha value is -0.650. The molecule has 0 unspecified atom stereocenters. The van der Waals surface area contributed by atoms with Gasteiger partial charge in [0.25, 0.3) is 0 Å². The molecule has 0 amide bonds. The van der Waals surface area contributed by atoms with Gasteiger partial charge in [-0.2, -0.15) is 0 Å². The van der Waals surface area contributed by atoms with Crippen molar-refractivity contribution < 1.29 is 12.8 Å². The molecule has 0 aromatic heterocycles. The highest BCUT2D eigenvalue weighted by Gasteiger charge is 2.04. The first-order valence-electron chi connectivity index (χ1n) is 4.27. The Morgan fingerprint density at radius 2 is 2.13 bits per heavy atom. The third-order valence-corrected chi connectivity index (χ3v) is 2.85. The SMILES string of the molecule is CS(=O)(=O)NCCc1ccc(F)cc1Cl. The Kier molecular flexibility index (Phi) is 4.07. The molecule has 0 spiro atoms. The molecule has 0 aliphatic heterocycles. The average Bonchev–Trinajstić information content (AvgIpc) is 2.07. The molecule has 0 saturated heterocycles. The summed E-state index contributed by atoms with van der Waals surface area (Å²) in [7, 11) is -3.18. The van der Waals surface area contributed by atoms with Gasteiger partial charge >= 0.3 is 0 Å². The van der Waals surface area contributed by atoms with Crippen LogP contribution in [0.15, 0.2) is 18.2 Å². The molecule has 0 fully saturated rings. The lowest BCUT2D eigenvalue weighted by Gasteiger charge is -2.04. The van der Waals surface area contributed by atoms with E-state index in [0.717, 1.165) is 6.26 Å². The van der Waals surface area contributed by atoms with Crippen LogP contribution in [0.25, 0.3) is 0 Å². The fourth-order valence-corrected chi connectivity index (χ4v) is 1.83. The van der Waals surface area contributed by atoms with E-state index in [2.05, 4.69) is 4.72 Å². The molecule has 0 saturated carbocycles. The summed E-state index contributed by atoms with van der Waals surface area (Å²) in [6.45, 7) is 0.254. The predicted octanol–water partition coefficient (Wildman–Crippen LogP) is 1.57. The van der Waals surface area contributed by atoms with Gasteiger partial charge in [0.1, 0.15) is 5.82 Å². The molecule has 15 heavy (non-hydrogen) atoms. The second-order valence-corrected chi connectivity index (χ2v) is 5.39. The molecular formula is C9H11ClFNO2S. The van der Waals surface area contributed by atoms with Crippen molar-refractivity contribution in [2.45, 2.75) is 6.42 Å². The van der Waals surface area contributed by atoms with Crippen molar-refractivity contribution >= 4 is 21.6 Å². The minimum Gasteiger partial charge on any atom is -0.215 e. The van der Waals surface area contributed by atoms with Crippen molar-refractivity contribution in [3.63, 3.8) is 0 Å². The first-order valence-corrected chi connectivity index (χ1v) is 6.54. The van der Waals surface area contributed by atoms with Gasteiger partial charge in [-0.3, -0.25) is 0 Å². The van der Waals surface area contributed by atoms with Gasteiger partial charge in [0, 0.05) is 11.6 Å². The standard InChI is InChI=1S/C9H11ClFNO2S/c1-15(13,14)12-5-4-7-2-3-8(11)6-9(7)10/h2-3,6,12H,4-5H2,1H3. The van der Waals surface area contributed by atoms with E-state index in [1.54, 1.807) is 6.07 Å². The van der Waals surface area contributed by atoms with E-state index in [0.29, 0.717) is 17.0 Å². The van der Waals surface area contributed by atoms with Crippen LogP contribution >= 0.6 is 11.6 Å². The van der Waals surface area contributed by atoms with Crippen LogP contribution in [0.5, 0.6) is 0 Å². The van der Waals surface area contributed by atoms with E-state index in [1.807, 2.05) is 0 Å². The number of sulfonamides is 1. The third-order valence-electron chi connectivity index (χ3n) is 1.77. The van der Waals surface area contributed by atoms with Gasteiger partial charge in [-0.05, 0) is 24.1 Å². The zero-order valence-electron chi connectivity index (χ0n) is 8.13. The quantitative estimate of drug-likeness (QED) is 0.883. The number of halogens is 2. The highest BCUT2D eigenvalue weighted by molar-refractivity contribution is 7.88. The molecule has 0 atom stereocenters. The topological polar surface area (TPSA) is 46.2 Å². The molecule has 84 valence electrons. The second kappa shape index (κ2) is 4.92. The summed E-state index contributed by atoms with van der Waals surface area (Å²) in [5.74, 6) is -0.403. The maximum Gasteiger partial charge on any atom is 0.208 e. The van der Waals surface area contributed by atoms with Crippen molar-refractivity contribution in [2.24, 2.45) is 0 Å². The monoisotopic (exact) mass is 251 g/mol. The third kappa shape index (κ3) is 4.59. The summed E-state index contributed by atoms with van der Waals surface area (Å²) in [5.41, 5.74) is 0.717. The smallest absolute Gasteiger partial charge is 0.208 e. The average molecular weight is 252 g/mol. The van der Waals surface area contributed by atoms with Crippen LogP contribution < -0.4 is 4.72 Å². The van der Waals surface area contributed by atoms with Crippen molar-refractivity contribution in [3.8, 4) is 0 Å². The van der Waals surface area contributed by atoms with Crippen LogP contribution in [-0.4, -0.2) is 21.2 Å². The summed E-state index contributed by atoms with van der Waals surface area (Å²) >= 11 is 5.76. The minimum absolute atomic E-state index is 0.254. The first-order chi connectivity index (χ1) is 6.88. The van der Waals surface area contributed by atoms with Crippen molar-refractivity contribution in [2.75, 3.05) is 12.8 Å². The van der Waals surface area contributed by atoms with E-state index in [-0.39, 0.29) is 6.54 Å². The van der Waals surface area contributed by atoms with E-state index in [9.17, 15) is 12.8 Å². The molecule has 6 heteroatoms. The number of hydrogen-bond donors (Lipinski definition) is 1. The fourth-order valence-electron chi connectivity index (χ4n) is 1.10. The Morgan fingerprint density at radius 1 is 1.47 bits per heavy atom. The van der Waals surface area contributed by atoms with Crippen LogP contribution in [0, 0.1) is 5.82 Å². The van der Waals surface area contributed by atoms with Crippen LogP contribution in [-0.2, 0) is 16.4 Å². The highest BCUT2D eigenvalue weighted by atomic mass is 35.5. The van der Waals surface area contributed by atoms with Gasteiger partial charge in [-0.25, -0.2) is 17.5 Å². The normalized spacial score (nSPS) is 11.7. The summed E-state index contributed by atoms with van der Waals surface area (Å²) in [6, 6.07) is 4.04. The van der Waals surface area contributed by atoms with Gasteiger partial charge in [0.2, 0.25) is 10.0 Å². The molecule has 0 aliphatic carbocycles. The predicted molar refractivity (Wildman–Crippen MR) is 58.0 cm³/mol. The summed E-state index contributed by atoms with van der Waals surface area (Å²) < 4.78 is 36.5. The fraction of sp³-hybridized carbons (Fsp3) is 0.333. The molecule has 3 nitrogen and oxygen atoms in total. The maximum absolute atomic E-state index is 12.7. The number of nitrogens with one attached hydrogen (secondary N) is 1. The first kappa shape index (κ1) is 12.4. The lowest BCUT2D eigenvalue weighted by atomic mass is 10.1. The van der Waals surface area contributed by atoms with Gasteiger partial charge in [-0.15, -0.1) is 0 Å². The molecule has 1 rings (SSSR count). The van der Waals surface area contributed by atoms with Crippen LogP contribution in [0.4, 0.5) is 4.39 Å². The Labute approximate surface area is 93.3 Å². The Morgan fingerprint density at radius 3 is 2.67 bits per heavy atom. The maximum atomic E-state index is 12.7. The van der Waals surface area contributed by atoms with Crippen LogP contribution in [0.1, 0.15) is 5.56 Å². The molecule has 1 aromatic carbocycles. The number of rotatable bonds is 4. The van der Waals surface area contributed by atoms with E-state index in [4.69, 9.17) is 11.6 Å². The Balaban J connectivity index is 2.59. The minimum atomic E-state index is -3.18. The molecule has 1 aromatic rings. The zero-order chi connectivity index (χ0) is 11.5. The molecule has 0 radical (unpaired) electrons.